The number of allylic oxidation sites excluding steroid dienone is 4. The van der Waals surface area contributed by atoms with Gasteiger partial charge in [0.15, 0.2) is 0 Å². The summed E-state index contributed by atoms with van der Waals surface area (Å²) in [6, 6.07) is 0. The van der Waals surface area contributed by atoms with E-state index in [9.17, 15) is 9.59 Å². The molecule has 0 bridgehead atoms. The van der Waals surface area contributed by atoms with Crippen LogP contribution in [0.2, 0.25) is 0 Å². The molecule has 0 unspecified atom stereocenters. The fourth-order valence-electron chi connectivity index (χ4n) is 1.59. The zero-order valence-corrected chi connectivity index (χ0v) is 9.44. The zero-order valence-electron chi connectivity index (χ0n) is 7.85. The second-order valence-electron chi connectivity index (χ2n) is 3.14. The van der Waals surface area contributed by atoms with Gasteiger partial charge < -0.3 is 5.32 Å². The molecule has 2 N–H and O–H groups in total. The highest BCUT2D eigenvalue weighted by Gasteiger charge is 2.36. The van der Waals surface area contributed by atoms with E-state index in [-0.39, 0.29) is 5.71 Å². The Bertz CT molecular complexity index is 498. The molecule has 0 fully saturated rings. The van der Waals surface area contributed by atoms with Crippen LogP contribution < -0.4 is 5.32 Å². The topological polar surface area (TPSA) is 70.0 Å². The fraction of sp³-hybridized carbons (Fsp3) is 0.100. The quantitative estimate of drug-likeness (QED) is 0.647. The minimum Gasteiger partial charge on any atom is -0.318 e. The number of carbonyl (C=O) groups is 2. The molecular weight excluding hydrogens is 260 g/mol. The summed E-state index contributed by atoms with van der Waals surface area (Å²) in [6.07, 6.45) is 3.23. The van der Waals surface area contributed by atoms with Crippen LogP contribution in [0.1, 0.15) is 6.92 Å². The summed E-state index contributed by atoms with van der Waals surface area (Å²) < 4.78 is 0.560. The van der Waals surface area contributed by atoms with E-state index < -0.39 is 11.7 Å². The number of carbonyl (C=O) groups excluding carboxylic acids is 2. The molecule has 0 saturated heterocycles. The van der Waals surface area contributed by atoms with Crippen LogP contribution in [0.15, 0.2) is 33.5 Å². The second kappa shape index (κ2) is 3.27. The molecule has 1 amide bonds. The molecule has 5 heteroatoms. The largest absolute Gasteiger partial charge is 0.318 e. The summed E-state index contributed by atoms with van der Waals surface area (Å²) in [5.41, 5.74) is 1.49. The van der Waals surface area contributed by atoms with Crippen molar-refractivity contribution in [2.24, 2.45) is 0 Å². The molecule has 2 rings (SSSR count). The summed E-state index contributed by atoms with van der Waals surface area (Å²) in [6.45, 7) is 1.73. The number of rotatable bonds is 0. The first-order valence-electron chi connectivity index (χ1n) is 4.29. The lowest BCUT2D eigenvalue weighted by molar-refractivity contribution is -0.134. The second-order valence-corrected chi connectivity index (χ2v) is 4.00. The zero-order chi connectivity index (χ0) is 11.2. The highest BCUT2D eigenvalue weighted by atomic mass is 79.9. The molecule has 0 aromatic rings. The average Bonchev–Trinajstić information content (AvgIpc) is 2.46. The number of hydrogen-bond donors (Lipinski definition) is 2. The highest BCUT2D eigenvalue weighted by Crippen LogP contribution is 2.31. The van der Waals surface area contributed by atoms with Gasteiger partial charge in [0.1, 0.15) is 0 Å². The Labute approximate surface area is 94.4 Å². The van der Waals surface area contributed by atoms with Crippen LogP contribution in [0.3, 0.4) is 0 Å². The fourth-order valence-corrected chi connectivity index (χ4v) is 2.04. The molecule has 0 spiro atoms. The average molecular weight is 267 g/mol. The summed E-state index contributed by atoms with van der Waals surface area (Å²) >= 11 is 3.21. The summed E-state index contributed by atoms with van der Waals surface area (Å²) in [7, 11) is 0. The van der Waals surface area contributed by atoms with Gasteiger partial charge in [-0.05, 0) is 28.9 Å². The minimum absolute atomic E-state index is 0.223. The maximum absolute atomic E-state index is 11.5. The molecule has 15 heavy (non-hydrogen) atoms. The van der Waals surface area contributed by atoms with Gasteiger partial charge >= 0.3 is 0 Å². The standard InChI is InChI=1S/C10H7BrN2O2/c1-2-4-7-6(3-5(11)8(4)12)13-10(15)9(7)14/h2-3,12H,1H3,(H,13,14,15)/b4-2-,12-8?. The van der Waals surface area contributed by atoms with Crippen LogP contribution in [0, 0.1) is 5.41 Å². The van der Waals surface area contributed by atoms with Gasteiger partial charge in [-0.25, -0.2) is 0 Å². The maximum Gasteiger partial charge on any atom is 0.296 e. The molecule has 2 aliphatic rings. The van der Waals surface area contributed by atoms with Crippen molar-refractivity contribution in [2.75, 3.05) is 0 Å². The Morgan fingerprint density at radius 3 is 2.73 bits per heavy atom. The molecule has 0 radical (unpaired) electrons. The Kier molecular flexibility index (Phi) is 2.19. The van der Waals surface area contributed by atoms with Crippen molar-refractivity contribution >= 4 is 33.3 Å². The first kappa shape index (κ1) is 10.0. The van der Waals surface area contributed by atoms with Crippen molar-refractivity contribution in [1.29, 1.82) is 5.41 Å². The molecule has 4 nitrogen and oxygen atoms in total. The first-order chi connectivity index (χ1) is 7.06. The molecule has 1 aliphatic carbocycles. The molecule has 0 saturated carbocycles. The molecule has 76 valence electrons. The Balaban J connectivity index is 2.65. The van der Waals surface area contributed by atoms with E-state index in [1.807, 2.05) is 0 Å². The number of nitrogens with one attached hydrogen (secondary N) is 2. The van der Waals surface area contributed by atoms with Crippen molar-refractivity contribution in [1.82, 2.24) is 5.32 Å². The van der Waals surface area contributed by atoms with Gasteiger partial charge in [0.2, 0.25) is 0 Å². The maximum atomic E-state index is 11.5. The predicted octanol–water partition coefficient (Wildman–Crippen LogP) is 1.20. The molecule has 0 aromatic carbocycles. The van der Waals surface area contributed by atoms with E-state index in [1.54, 1.807) is 19.1 Å². The smallest absolute Gasteiger partial charge is 0.296 e. The highest BCUT2D eigenvalue weighted by molar-refractivity contribution is 9.12. The lowest BCUT2D eigenvalue weighted by Gasteiger charge is -2.14. The lowest BCUT2D eigenvalue weighted by Crippen LogP contribution is -2.20. The number of hydrogen-bond acceptors (Lipinski definition) is 3. The number of amides is 1. The Hall–Kier alpha value is -1.49. The minimum atomic E-state index is -0.634. The Morgan fingerprint density at radius 2 is 2.13 bits per heavy atom. The van der Waals surface area contributed by atoms with E-state index in [0.717, 1.165) is 0 Å². The lowest BCUT2D eigenvalue weighted by atomic mass is 9.93. The molecule has 0 aromatic heterocycles. The summed E-state index contributed by atoms with van der Waals surface area (Å²) in [4.78, 5) is 22.7. The third kappa shape index (κ3) is 1.31. The van der Waals surface area contributed by atoms with Crippen LogP contribution in [0.25, 0.3) is 0 Å². The monoisotopic (exact) mass is 266 g/mol. The molecule has 0 atom stereocenters. The first-order valence-corrected chi connectivity index (χ1v) is 5.08. The van der Waals surface area contributed by atoms with E-state index in [0.29, 0.717) is 21.3 Å². The van der Waals surface area contributed by atoms with Crippen molar-refractivity contribution in [2.45, 2.75) is 6.92 Å². The van der Waals surface area contributed by atoms with Crippen LogP contribution in [-0.4, -0.2) is 17.4 Å². The van der Waals surface area contributed by atoms with Crippen LogP contribution >= 0.6 is 15.9 Å². The normalized spacial score (nSPS) is 23.2. The van der Waals surface area contributed by atoms with E-state index in [4.69, 9.17) is 5.41 Å². The van der Waals surface area contributed by atoms with E-state index in [1.165, 1.54) is 0 Å². The van der Waals surface area contributed by atoms with Crippen molar-refractivity contribution in [3.63, 3.8) is 0 Å². The third-order valence-electron chi connectivity index (χ3n) is 2.29. The van der Waals surface area contributed by atoms with Gasteiger partial charge in [0, 0.05) is 10.1 Å². The third-order valence-corrected chi connectivity index (χ3v) is 2.91. The van der Waals surface area contributed by atoms with Crippen molar-refractivity contribution in [3.05, 3.63) is 33.5 Å². The summed E-state index contributed by atoms with van der Waals surface area (Å²) in [5.74, 6) is -1.20. The van der Waals surface area contributed by atoms with Gasteiger partial charge in [-0.15, -0.1) is 0 Å². The SMILES string of the molecule is C/C=C1\C(=N)C(Br)=CC2=C1C(=O)C(=O)N2. The van der Waals surface area contributed by atoms with Gasteiger partial charge in [-0.1, -0.05) is 6.08 Å². The van der Waals surface area contributed by atoms with Crippen LogP contribution in [-0.2, 0) is 9.59 Å². The van der Waals surface area contributed by atoms with Gasteiger partial charge in [0.25, 0.3) is 11.7 Å². The molecular formula is C10H7BrN2O2. The van der Waals surface area contributed by atoms with Crippen LogP contribution in [0.4, 0.5) is 0 Å². The molecule has 1 aliphatic heterocycles. The number of halogens is 1. The number of Topliss-reactive ketones (excluding diaryl/α,β-unsaturated/α-hetero) is 1. The number of ketones is 1. The van der Waals surface area contributed by atoms with Crippen molar-refractivity contribution < 1.29 is 9.59 Å². The van der Waals surface area contributed by atoms with E-state index >= 15 is 0 Å². The van der Waals surface area contributed by atoms with Gasteiger partial charge in [0.05, 0.1) is 17.0 Å². The van der Waals surface area contributed by atoms with Crippen molar-refractivity contribution in [3.8, 4) is 0 Å². The van der Waals surface area contributed by atoms with Gasteiger partial charge in [-0.2, -0.15) is 0 Å². The van der Waals surface area contributed by atoms with E-state index in [2.05, 4.69) is 21.2 Å². The Morgan fingerprint density at radius 1 is 1.47 bits per heavy atom. The summed E-state index contributed by atoms with van der Waals surface area (Å²) in [5, 5.41) is 10.2. The van der Waals surface area contributed by atoms with Gasteiger partial charge in [-0.3, -0.25) is 15.0 Å². The molecule has 1 heterocycles. The van der Waals surface area contributed by atoms with Crippen LogP contribution in [0.5, 0.6) is 0 Å². The predicted molar refractivity (Wildman–Crippen MR) is 58.7 cm³/mol.